The van der Waals surface area contributed by atoms with Crippen LogP contribution in [0.2, 0.25) is 0 Å². The van der Waals surface area contributed by atoms with Crippen LogP contribution in [-0.4, -0.2) is 10.2 Å². The first-order valence-electron chi connectivity index (χ1n) is 9.19. The molecule has 2 nitrogen and oxygen atoms in total. The fraction of sp³-hybridized carbons (Fsp3) is 0.800. The van der Waals surface area contributed by atoms with E-state index in [1.165, 1.54) is 32.1 Å². The van der Waals surface area contributed by atoms with E-state index in [0.29, 0.717) is 29.4 Å². The van der Waals surface area contributed by atoms with Gasteiger partial charge in [-0.15, -0.1) is 0 Å². The Morgan fingerprint density at radius 3 is 2.55 bits per heavy atom. The smallest absolute Gasteiger partial charge is 0.136 e. The zero-order valence-corrected chi connectivity index (χ0v) is 14.3. The van der Waals surface area contributed by atoms with Gasteiger partial charge in [-0.2, -0.15) is 0 Å². The Hall–Kier alpha value is -0.920. The molecule has 0 spiro atoms. The summed E-state index contributed by atoms with van der Waals surface area (Å²) in [4.78, 5) is 0. The summed E-state index contributed by atoms with van der Waals surface area (Å²) in [6, 6.07) is 0. The highest BCUT2D eigenvalue weighted by atomic mass is 16.3. The molecule has 0 aromatic carbocycles. The van der Waals surface area contributed by atoms with Crippen LogP contribution in [0.25, 0.3) is 0 Å². The van der Waals surface area contributed by atoms with Gasteiger partial charge in [-0.25, -0.2) is 0 Å². The van der Waals surface area contributed by atoms with Crippen molar-refractivity contribution in [2.24, 2.45) is 28.6 Å². The van der Waals surface area contributed by atoms with Crippen LogP contribution in [0.3, 0.4) is 0 Å². The Morgan fingerprint density at radius 2 is 1.77 bits per heavy atom. The van der Waals surface area contributed by atoms with Crippen molar-refractivity contribution in [3.63, 3.8) is 0 Å². The van der Waals surface area contributed by atoms with Crippen molar-refractivity contribution >= 4 is 0 Å². The van der Waals surface area contributed by atoms with E-state index in [4.69, 9.17) is 0 Å². The standard InChI is InChI=1S/C20H30O2/c1-12-11-13-6-7-16(21)18(22)20(13,3)15-8-10-19(2)9-4-5-14(19)17(12)15/h13-15,21-22H,4-11H2,1-3H3/t13?,14-,15-,19-,20-/m0/s1. The first-order valence-corrected chi connectivity index (χ1v) is 9.19. The topological polar surface area (TPSA) is 40.5 Å². The minimum absolute atomic E-state index is 0.221. The van der Waals surface area contributed by atoms with Gasteiger partial charge in [0.25, 0.3) is 0 Å². The van der Waals surface area contributed by atoms with Crippen molar-refractivity contribution in [3.05, 3.63) is 22.7 Å². The number of aliphatic hydroxyl groups is 2. The maximum Gasteiger partial charge on any atom is 0.136 e. The highest BCUT2D eigenvalue weighted by Gasteiger charge is 2.57. The molecule has 4 aliphatic carbocycles. The molecule has 2 fully saturated rings. The monoisotopic (exact) mass is 302 g/mol. The molecule has 4 aliphatic rings. The van der Waals surface area contributed by atoms with Crippen molar-refractivity contribution in [2.75, 3.05) is 0 Å². The molecule has 22 heavy (non-hydrogen) atoms. The molecular weight excluding hydrogens is 272 g/mol. The van der Waals surface area contributed by atoms with E-state index in [1.54, 1.807) is 11.1 Å². The van der Waals surface area contributed by atoms with Gasteiger partial charge in [0.2, 0.25) is 0 Å². The molecule has 4 rings (SSSR count). The molecule has 0 saturated heterocycles. The van der Waals surface area contributed by atoms with E-state index >= 15 is 0 Å². The summed E-state index contributed by atoms with van der Waals surface area (Å²) < 4.78 is 0. The fourth-order valence-corrected chi connectivity index (χ4v) is 6.64. The lowest BCUT2D eigenvalue weighted by molar-refractivity contribution is 0.00863. The Labute approximate surface area is 134 Å². The zero-order chi connectivity index (χ0) is 15.7. The van der Waals surface area contributed by atoms with Gasteiger partial charge in [-0.3, -0.25) is 0 Å². The van der Waals surface area contributed by atoms with Gasteiger partial charge in [0.1, 0.15) is 11.5 Å². The summed E-state index contributed by atoms with van der Waals surface area (Å²) in [6.07, 6.45) is 9.33. The minimum Gasteiger partial charge on any atom is -0.509 e. The molecule has 0 heterocycles. The van der Waals surface area contributed by atoms with Crippen LogP contribution in [0.1, 0.15) is 72.1 Å². The quantitative estimate of drug-likeness (QED) is 0.566. The summed E-state index contributed by atoms with van der Waals surface area (Å²) in [5.74, 6) is 2.26. The number of fused-ring (bicyclic) bond motifs is 5. The lowest BCUT2D eigenvalue weighted by Gasteiger charge is -2.56. The van der Waals surface area contributed by atoms with Gasteiger partial charge in [0.05, 0.1) is 0 Å². The van der Waals surface area contributed by atoms with Crippen LogP contribution in [0, 0.1) is 28.6 Å². The number of hydrogen-bond acceptors (Lipinski definition) is 2. The second-order valence-electron chi connectivity index (χ2n) is 8.94. The van der Waals surface area contributed by atoms with Crippen molar-refractivity contribution in [2.45, 2.75) is 72.1 Å². The fourth-order valence-electron chi connectivity index (χ4n) is 6.64. The molecule has 5 atom stereocenters. The Morgan fingerprint density at radius 1 is 1.00 bits per heavy atom. The van der Waals surface area contributed by atoms with E-state index in [9.17, 15) is 10.2 Å². The van der Waals surface area contributed by atoms with Gasteiger partial charge in [0.15, 0.2) is 0 Å². The molecule has 0 aromatic rings. The summed E-state index contributed by atoms with van der Waals surface area (Å²) in [7, 11) is 0. The van der Waals surface area contributed by atoms with Gasteiger partial charge < -0.3 is 10.2 Å². The predicted molar refractivity (Wildman–Crippen MR) is 88.6 cm³/mol. The summed E-state index contributed by atoms with van der Waals surface area (Å²) in [5.41, 5.74) is 3.55. The number of rotatable bonds is 0. The molecule has 0 radical (unpaired) electrons. The number of allylic oxidation sites excluding steroid dienone is 4. The average molecular weight is 302 g/mol. The third kappa shape index (κ3) is 1.67. The lowest BCUT2D eigenvalue weighted by atomic mass is 9.48. The molecule has 2 heteroatoms. The molecular formula is C20H30O2. The molecule has 0 bridgehead atoms. The molecule has 122 valence electrons. The predicted octanol–water partition coefficient (Wildman–Crippen LogP) is 5.67. The van der Waals surface area contributed by atoms with E-state index in [-0.39, 0.29) is 11.2 Å². The first kappa shape index (κ1) is 14.7. The Bertz CT molecular complexity index is 572. The van der Waals surface area contributed by atoms with Crippen molar-refractivity contribution in [1.29, 1.82) is 0 Å². The number of hydrogen-bond donors (Lipinski definition) is 2. The highest BCUT2D eigenvalue weighted by Crippen LogP contribution is 2.66. The second-order valence-corrected chi connectivity index (χ2v) is 8.94. The Balaban J connectivity index is 1.84. The van der Waals surface area contributed by atoms with E-state index < -0.39 is 0 Å². The largest absolute Gasteiger partial charge is 0.509 e. The molecule has 0 amide bonds. The third-order valence-electron chi connectivity index (χ3n) is 7.97. The van der Waals surface area contributed by atoms with Crippen LogP contribution in [0.4, 0.5) is 0 Å². The van der Waals surface area contributed by atoms with Gasteiger partial charge >= 0.3 is 0 Å². The molecule has 2 N–H and O–H groups in total. The summed E-state index contributed by atoms with van der Waals surface area (Å²) in [6.45, 7) is 7.07. The molecule has 0 aliphatic heterocycles. The van der Waals surface area contributed by atoms with Crippen LogP contribution < -0.4 is 0 Å². The lowest BCUT2D eigenvalue weighted by Crippen LogP contribution is -2.49. The summed E-state index contributed by atoms with van der Waals surface area (Å²) >= 11 is 0. The SMILES string of the molecule is CC1=C2[C@@H]3CCC[C@@]3(C)CC[C@@H]2[C@@]2(C)C(O)=C(O)CCC2C1. The van der Waals surface area contributed by atoms with Crippen LogP contribution in [0.5, 0.6) is 0 Å². The average Bonchev–Trinajstić information content (AvgIpc) is 2.87. The third-order valence-corrected chi connectivity index (χ3v) is 7.97. The van der Waals surface area contributed by atoms with Gasteiger partial charge in [0, 0.05) is 11.8 Å². The van der Waals surface area contributed by atoms with Crippen molar-refractivity contribution in [1.82, 2.24) is 0 Å². The molecule has 1 unspecified atom stereocenters. The van der Waals surface area contributed by atoms with E-state index in [0.717, 1.165) is 18.8 Å². The summed E-state index contributed by atoms with van der Waals surface area (Å²) in [5, 5.41) is 21.0. The zero-order valence-electron chi connectivity index (χ0n) is 14.3. The van der Waals surface area contributed by atoms with Crippen molar-refractivity contribution < 1.29 is 10.2 Å². The van der Waals surface area contributed by atoms with Crippen LogP contribution >= 0.6 is 0 Å². The van der Waals surface area contributed by atoms with E-state index in [2.05, 4.69) is 20.8 Å². The number of aliphatic hydroxyl groups excluding tert-OH is 2. The van der Waals surface area contributed by atoms with Gasteiger partial charge in [-0.05, 0) is 68.6 Å². The second kappa shape index (κ2) is 4.55. The van der Waals surface area contributed by atoms with E-state index in [1.807, 2.05) is 0 Å². The first-order chi connectivity index (χ1) is 10.4. The van der Waals surface area contributed by atoms with Crippen molar-refractivity contribution in [3.8, 4) is 0 Å². The maximum atomic E-state index is 10.8. The van der Waals surface area contributed by atoms with Crippen LogP contribution in [0.15, 0.2) is 22.7 Å². The molecule has 0 aromatic heterocycles. The Kier molecular flexibility index (Phi) is 3.03. The minimum atomic E-state index is -0.221. The normalized spacial score (nSPS) is 48.0. The maximum absolute atomic E-state index is 10.8. The highest BCUT2D eigenvalue weighted by molar-refractivity contribution is 5.36. The van der Waals surface area contributed by atoms with Crippen LogP contribution in [-0.2, 0) is 0 Å². The molecule has 2 saturated carbocycles. The van der Waals surface area contributed by atoms with Gasteiger partial charge in [-0.1, -0.05) is 31.4 Å².